The average molecular weight is 467 g/mol. The van der Waals surface area contributed by atoms with Gasteiger partial charge in [0.05, 0.1) is 11.4 Å². The summed E-state index contributed by atoms with van der Waals surface area (Å²) in [6.07, 6.45) is 11.1. The number of rotatable bonds is 7. The Hall–Kier alpha value is -4.17. The molecule has 3 aromatic heterocycles. The van der Waals surface area contributed by atoms with Crippen LogP contribution in [0.5, 0.6) is 0 Å². The zero-order valence-electron chi connectivity index (χ0n) is 18.5. The van der Waals surface area contributed by atoms with Gasteiger partial charge in [-0.05, 0) is 54.8 Å². The van der Waals surface area contributed by atoms with Gasteiger partial charge >= 0.3 is 0 Å². The van der Waals surface area contributed by atoms with Crippen molar-refractivity contribution >= 4 is 17.7 Å². The molecule has 2 aromatic carbocycles. The first-order valence-corrected chi connectivity index (χ1v) is 12.0. The molecule has 1 N–H and O–H groups in total. The summed E-state index contributed by atoms with van der Waals surface area (Å²) in [6.45, 7) is 0.350. The lowest BCUT2D eigenvalue weighted by Crippen LogP contribution is -2.22. The van der Waals surface area contributed by atoms with Crippen LogP contribution >= 0.6 is 11.8 Å². The van der Waals surface area contributed by atoms with E-state index in [4.69, 9.17) is 5.10 Å². The summed E-state index contributed by atoms with van der Waals surface area (Å²) < 4.78 is 3.83. The van der Waals surface area contributed by atoms with Gasteiger partial charge in [0.1, 0.15) is 0 Å². The van der Waals surface area contributed by atoms with E-state index < -0.39 is 0 Å². The van der Waals surface area contributed by atoms with Crippen molar-refractivity contribution in [1.29, 1.82) is 0 Å². The average Bonchev–Trinajstić information content (AvgIpc) is 3.56. The molecule has 0 spiro atoms. The number of nitrogens with zero attached hydrogens (tertiary/aromatic N) is 5. The second-order valence-electron chi connectivity index (χ2n) is 7.53. The van der Waals surface area contributed by atoms with Gasteiger partial charge in [-0.25, -0.2) is 9.67 Å². The zero-order valence-corrected chi connectivity index (χ0v) is 19.3. The summed E-state index contributed by atoms with van der Waals surface area (Å²) in [5.41, 5.74) is 5.19. The Morgan fingerprint density at radius 3 is 2.44 bits per heavy atom. The number of carbonyl (C=O) groups is 1. The predicted octanol–water partition coefficient (Wildman–Crippen LogP) is 4.77. The van der Waals surface area contributed by atoms with Crippen LogP contribution in [0.1, 0.15) is 15.9 Å². The summed E-state index contributed by atoms with van der Waals surface area (Å²) in [4.78, 5) is 21.3. The zero-order chi connectivity index (χ0) is 23.3. The number of hydrogen-bond acceptors (Lipinski definition) is 5. The third kappa shape index (κ3) is 4.49. The first-order chi connectivity index (χ1) is 16.7. The van der Waals surface area contributed by atoms with Crippen LogP contribution in [-0.2, 0) is 6.54 Å². The van der Waals surface area contributed by atoms with Crippen molar-refractivity contribution in [1.82, 2.24) is 29.6 Å². The number of thioether (sulfide) groups is 1. The van der Waals surface area contributed by atoms with E-state index >= 15 is 0 Å². The lowest BCUT2D eigenvalue weighted by Gasteiger charge is -2.08. The quantitative estimate of drug-likeness (QED) is 0.350. The molecule has 0 aliphatic carbocycles. The SMILES string of the molecule is CSc1nccn1-c1ccc(C(=O)NCc2cn(-c3ccccc3)nc2-c2ccncc2)cc1. The Bertz CT molecular complexity index is 1390. The van der Waals surface area contributed by atoms with E-state index in [1.807, 2.05) is 94.6 Å². The Morgan fingerprint density at radius 2 is 1.71 bits per heavy atom. The Labute approximate surface area is 201 Å². The number of para-hydroxylation sites is 1. The van der Waals surface area contributed by atoms with E-state index in [1.165, 1.54) is 0 Å². The molecule has 0 atom stereocenters. The van der Waals surface area contributed by atoms with Crippen LogP contribution in [0.2, 0.25) is 0 Å². The summed E-state index contributed by atoms with van der Waals surface area (Å²) >= 11 is 1.57. The monoisotopic (exact) mass is 466 g/mol. The van der Waals surface area contributed by atoms with E-state index in [2.05, 4.69) is 15.3 Å². The molecular weight excluding hydrogens is 444 g/mol. The van der Waals surface area contributed by atoms with Gasteiger partial charge < -0.3 is 5.32 Å². The normalized spacial score (nSPS) is 10.9. The van der Waals surface area contributed by atoms with Crippen LogP contribution in [0.25, 0.3) is 22.6 Å². The van der Waals surface area contributed by atoms with Crippen LogP contribution in [0.3, 0.4) is 0 Å². The summed E-state index contributed by atoms with van der Waals surface area (Å²) in [5.74, 6) is -0.143. The van der Waals surface area contributed by atoms with Crippen molar-refractivity contribution in [3.05, 3.63) is 109 Å². The number of carbonyl (C=O) groups excluding carboxylic acids is 1. The van der Waals surface area contributed by atoms with E-state index in [1.54, 1.807) is 30.4 Å². The van der Waals surface area contributed by atoms with Crippen molar-refractivity contribution in [2.24, 2.45) is 0 Å². The lowest BCUT2D eigenvalue weighted by atomic mass is 10.1. The van der Waals surface area contributed by atoms with Crippen LogP contribution in [0.4, 0.5) is 0 Å². The second-order valence-corrected chi connectivity index (χ2v) is 8.31. The maximum absolute atomic E-state index is 12.9. The Morgan fingerprint density at radius 1 is 0.941 bits per heavy atom. The van der Waals surface area contributed by atoms with Gasteiger partial charge in [-0.15, -0.1) is 0 Å². The minimum absolute atomic E-state index is 0.143. The summed E-state index contributed by atoms with van der Waals surface area (Å²) in [7, 11) is 0. The minimum Gasteiger partial charge on any atom is -0.348 e. The van der Waals surface area contributed by atoms with Gasteiger partial charge in [0.25, 0.3) is 5.91 Å². The number of nitrogens with one attached hydrogen (secondary N) is 1. The molecule has 168 valence electrons. The third-order valence-electron chi connectivity index (χ3n) is 5.40. The summed E-state index contributed by atoms with van der Waals surface area (Å²) in [6, 6.07) is 21.2. The minimum atomic E-state index is -0.143. The molecule has 0 unspecified atom stereocenters. The third-order valence-corrected chi connectivity index (χ3v) is 6.07. The number of amides is 1. The molecule has 3 heterocycles. The first-order valence-electron chi connectivity index (χ1n) is 10.7. The fourth-order valence-electron chi connectivity index (χ4n) is 3.69. The van der Waals surface area contributed by atoms with Crippen LogP contribution < -0.4 is 5.32 Å². The van der Waals surface area contributed by atoms with Crippen molar-refractivity contribution in [3.8, 4) is 22.6 Å². The van der Waals surface area contributed by atoms with Gasteiger partial charge in [0.2, 0.25) is 0 Å². The van der Waals surface area contributed by atoms with Crippen molar-refractivity contribution in [3.63, 3.8) is 0 Å². The molecular formula is C26H22N6OS. The van der Waals surface area contributed by atoms with Crippen LogP contribution in [0, 0.1) is 0 Å². The fourth-order valence-corrected chi connectivity index (χ4v) is 4.22. The topological polar surface area (TPSA) is 77.6 Å². The number of imidazole rings is 1. The molecule has 7 nitrogen and oxygen atoms in total. The van der Waals surface area contributed by atoms with E-state index in [-0.39, 0.29) is 5.91 Å². The Balaban J connectivity index is 1.36. The highest BCUT2D eigenvalue weighted by Crippen LogP contribution is 2.23. The van der Waals surface area contributed by atoms with Crippen LogP contribution in [-0.4, -0.2) is 36.5 Å². The maximum Gasteiger partial charge on any atom is 0.251 e. The molecule has 1 amide bonds. The molecule has 5 rings (SSSR count). The van der Waals surface area contributed by atoms with Gasteiger partial charge in [-0.1, -0.05) is 30.0 Å². The van der Waals surface area contributed by atoms with Crippen molar-refractivity contribution < 1.29 is 4.79 Å². The highest BCUT2D eigenvalue weighted by atomic mass is 32.2. The molecule has 0 fully saturated rings. The number of aromatic nitrogens is 5. The van der Waals surface area contributed by atoms with Gasteiger partial charge in [-0.3, -0.25) is 14.3 Å². The Kier molecular flexibility index (Phi) is 6.22. The van der Waals surface area contributed by atoms with Gasteiger partial charge in [-0.2, -0.15) is 5.10 Å². The van der Waals surface area contributed by atoms with E-state index in [0.29, 0.717) is 12.1 Å². The molecule has 5 aromatic rings. The number of hydrogen-bond donors (Lipinski definition) is 1. The molecule has 0 saturated heterocycles. The molecule has 0 saturated carbocycles. The highest BCUT2D eigenvalue weighted by molar-refractivity contribution is 7.98. The highest BCUT2D eigenvalue weighted by Gasteiger charge is 2.14. The molecule has 0 radical (unpaired) electrons. The van der Waals surface area contributed by atoms with Gasteiger partial charge in [0, 0.05) is 59.9 Å². The maximum atomic E-state index is 12.9. The molecule has 34 heavy (non-hydrogen) atoms. The number of pyridine rings is 1. The van der Waals surface area contributed by atoms with E-state index in [0.717, 1.165) is 33.4 Å². The standard InChI is InChI=1S/C26H22N6OS/c1-34-26-28-15-16-31(26)22-9-7-20(8-10-22)25(33)29-17-21-18-32(23-5-3-2-4-6-23)30-24(21)19-11-13-27-14-12-19/h2-16,18H,17H2,1H3,(H,29,33). The predicted molar refractivity (Wildman–Crippen MR) is 133 cm³/mol. The fraction of sp³-hybridized carbons (Fsp3) is 0.0769. The van der Waals surface area contributed by atoms with Crippen molar-refractivity contribution in [2.45, 2.75) is 11.7 Å². The second kappa shape index (κ2) is 9.76. The van der Waals surface area contributed by atoms with Crippen molar-refractivity contribution in [2.75, 3.05) is 6.26 Å². The van der Waals surface area contributed by atoms with E-state index in [9.17, 15) is 4.79 Å². The molecule has 0 aliphatic rings. The summed E-state index contributed by atoms with van der Waals surface area (Å²) in [5, 5.41) is 8.72. The van der Waals surface area contributed by atoms with Gasteiger partial charge in [0.15, 0.2) is 5.16 Å². The molecule has 0 bridgehead atoms. The molecule has 8 heteroatoms. The molecule has 0 aliphatic heterocycles. The largest absolute Gasteiger partial charge is 0.348 e. The number of benzene rings is 2. The first kappa shape index (κ1) is 21.7. The van der Waals surface area contributed by atoms with Crippen LogP contribution in [0.15, 0.2) is 103 Å². The smallest absolute Gasteiger partial charge is 0.251 e. The lowest BCUT2D eigenvalue weighted by molar-refractivity contribution is 0.0951.